The monoisotopic (exact) mass is 156 g/mol. The Morgan fingerprint density at radius 2 is 2.20 bits per heavy atom. The molecule has 1 rings (SSSR count). The molecule has 0 aromatic carbocycles. The van der Waals surface area contributed by atoms with Crippen molar-refractivity contribution in [2.45, 2.75) is 26.3 Å². The van der Waals surface area contributed by atoms with Gasteiger partial charge in [0.15, 0.2) is 0 Å². The second-order valence-corrected chi connectivity index (χ2v) is 4.20. The van der Waals surface area contributed by atoms with Crippen molar-refractivity contribution in [3.8, 4) is 0 Å². The van der Waals surface area contributed by atoms with Gasteiger partial charge in [-0.2, -0.15) is 0 Å². The molecular weight excluding hydrogens is 144 g/mol. The van der Waals surface area contributed by atoms with Crippen LogP contribution in [0.25, 0.3) is 0 Å². The Hall–Kier alpha value is -0.410. The summed E-state index contributed by atoms with van der Waals surface area (Å²) >= 11 is 1.66. The number of hydrogen-bond donors (Lipinski definition) is 1. The number of nitrogens with two attached hydrogens (primary N) is 1. The second-order valence-electron chi connectivity index (χ2n) is 2.97. The molecule has 3 heteroatoms. The van der Waals surface area contributed by atoms with Gasteiger partial charge >= 0.3 is 0 Å². The summed E-state index contributed by atoms with van der Waals surface area (Å²) < 4.78 is 0. The summed E-state index contributed by atoms with van der Waals surface area (Å²) in [5, 5.41) is 1.08. The van der Waals surface area contributed by atoms with Crippen molar-refractivity contribution >= 4 is 11.3 Å². The van der Waals surface area contributed by atoms with Crippen LogP contribution in [0.3, 0.4) is 0 Å². The van der Waals surface area contributed by atoms with E-state index in [0.717, 1.165) is 9.88 Å². The van der Waals surface area contributed by atoms with Crippen molar-refractivity contribution in [3.63, 3.8) is 0 Å². The number of rotatable bonds is 1. The van der Waals surface area contributed by atoms with E-state index in [1.807, 2.05) is 27.0 Å². The molecular formula is C7H12N2S. The summed E-state index contributed by atoms with van der Waals surface area (Å²) in [5.74, 6) is 0. The Bertz CT molecular complexity index is 222. The van der Waals surface area contributed by atoms with Crippen LogP contribution < -0.4 is 5.73 Å². The maximum atomic E-state index is 5.84. The molecule has 0 spiro atoms. The van der Waals surface area contributed by atoms with Crippen molar-refractivity contribution in [3.05, 3.63) is 16.1 Å². The molecule has 0 unspecified atom stereocenters. The first kappa shape index (κ1) is 7.69. The molecule has 0 aliphatic carbocycles. The van der Waals surface area contributed by atoms with Crippen LogP contribution in [0.5, 0.6) is 0 Å². The number of aryl methyl sites for hydroxylation is 1. The van der Waals surface area contributed by atoms with E-state index in [0.29, 0.717) is 0 Å². The van der Waals surface area contributed by atoms with Crippen LogP contribution in [0.15, 0.2) is 6.20 Å². The molecule has 1 aromatic heterocycles. The van der Waals surface area contributed by atoms with Crippen LogP contribution in [0.1, 0.15) is 23.7 Å². The van der Waals surface area contributed by atoms with E-state index in [1.165, 1.54) is 0 Å². The quantitative estimate of drug-likeness (QED) is 0.671. The van der Waals surface area contributed by atoms with Crippen LogP contribution in [-0.2, 0) is 5.54 Å². The Morgan fingerprint density at radius 1 is 1.60 bits per heavy atom. The first-order valence-corrected chi connectivity index (χ1v) is 4.03. The van der Waals surface area contributed by atoms with Crippen molar-refractivity contribution in [2.24, 2.45) is 5.73 Å². The third kappa shape index (κ3) is 1.55. The van der Waals surface area contributed by atoms with Crippen LogP contribution >= 0.6 is 11.3 Å². The van der Waals surface area contributed by atoms with E-state index in [9.17, 15) is 0 Å². The van der Waals surface area contributed by atoms with Gasteiger partial charge in [0, 0.05) is 16.6 Å². The highest BCUT2D eigenvalue weighted by Gasteiger charge is 2.15. The largest absolute Gasteiger partial charge is 0.321 e. The standard InChI is InChI=1S/C7H12N2S/c1-5-9-4-6(10-5)7(2,3)8/h4H,8H2,1-3H3. The molecule has 0 radical (unpaired) electrons. The van der Waals surface area contributed by atoms with Gasteiger partial charge in [-0.05, 0) is 20.8 Å². The Labute approximate surface area is 65.1 Å². The molecule has 10 heavy (non-hydrogen) atoms. The summed E-state index contributed by atoms with van der Waals surface area (Å²) in [6.07, 6.45) is 1.85. The molecule has 2 N–H and O–H groups in total. The molecule has 0 atom stereocenters. The summed E-state index contributed by atoms with van der Waals surface area (Å²) in [6, 6.07) is 0. The smallest absolute Gasteiger partial charge is 0.0897 e. The Morgan fingerprint density at radius 3 is 2.40 bits per heavy atom. The predicted octanol–water partition coefficient (Wildman–Crippen LogP) is 1.65. The van der Waals surface area contributed by atoms with Gasteiger partial charge in [-0.3, -0.25) is 0 Å². The SMILES string of the molecule is Cc1ncc(C(C)(C)N)s1. The van der Waals surface area contributed by atoms with Crippen molar-refractivity contribution in [1.82, 2.24) is 4.98 Å². The van der Waals surface area contributed by atoms with Crippen LogP contribution in [0.4, 0.5) is 0 Å². The molecule has 1 heterocycles. The fourth-order valence-corrected chi connectivity index (χ4v) is 1.45. The minimum atomic E-state index is -0.230. The highest BCUT2D eigenvalue weighted by Crippen LogP contribution is 2.22. The summed E-state index contributed by atoms with van der Waals surface area (Å²) in [7, 11) is 0. The lowest BCUT2D eigenvalue weighted by Crippen LogP contribution is -2.27. The Kier molecular flexibility index (Phi) is 1.79. The molecule has 1 aromatic rings. The highest BCUT2D eigenvalue weighted by molar-refractivity contribution is 7.11. The van der Waals surface area contributed by atoms with E-state index in [1.54, 1.807) is 11.3 Å². The molecule has 0 saturated carbocycles. The van der Waals surface area contributed by atoms with Gasteiger partial charge in [0.25, 0.3) is 0 Å². The molecule has 0 bridgehead atoms. The molecule has 2 nitrogen and oxygen atoms in total. The summed E-state index contributed by atoms with van der Waals surface area (Å²) in [5.41, 5.74) is 5.61. The molecule has 56 valence electrons. The van der Waals surface area contributed by atoms with Crippen molar-refractivity contribution in [2.75, 3.05) is 0 Å². The number of aromatic nitrogens is 1. The van der Waals surface area contributed by atoms with Gasteiger partial charge in [0.05, 0.1) is 5.01 Å². The second kappa shape index (κ2) is 2.32. The molecule has 0 fully saturated rings. The fraction of sp³-hybridized carbons (Fsp3) is 0.571. The molecule has 0 saturated heterocycles. The zero-order valence-corrected chi connectivity index (χ0v) is 7.33. The van der Waals surface area contributed by atoms with E-state index in [-0.39, 0.29) is 5.54 Å². The highest BCUT2D eigenvalue weighted by atomic mass is 32.1. The van der Waals surface area contributed by atoms with E-state index in [4.69, 9.17) is 5.73 Å². The van der Waals surface area contributed by atoms with E-state index in [2.05, 4.69) is 4.98 Å². The predicted molar refractivity (Wildman–Crippen MR) is 44.1 cm³/mol. The van der Waals surface area contributed by atoms with Gasteiger partial charge in [-0.1, -0.05) is 0 Å². The average molecular weight is 156 g/mol. The topological polar surface area (TPSA) is 38.9 Å². The van der Waals surface area contributed by atoms with E-state index < -0.39 is 0 Å². The lowest BCUT2D eigenvalue weighted by molar-refractivity contribution is 0.566. The molecule has 0 aliphatic rings. The zero-order chi connectivity index (χ0) is 7.78. The fourth-order valence-electron chi connectivity index (χ4n) is 0.659. The van der Waals surface area contributed by atoms with Gasteiger partial charge in [-0.25, -0.2) is 4.98 Å². The maximum Gasteiger partial charge on any atom is 0.0897 e. The van der Waals surface area contributed by atoms with Crippen molar-refractivity contribution < 1.29 is 0 Å². The average Bonchev–Trinajstić information content (AvgIpc) is 2.11. The van der Waals surface area contributed by atoms with Crippen LogP contribution in [0.2, 0.25) is 0 Å². The zero-order valence-electron chi connectivity index (χ0n) is 6.51. The number of thiazole rings is 1. The molecule has 0 amide bonds. The lowest BCUT2D eigenvalue weighted by Gasteiger charge is -2.14. The minimum absolute atomic E-state index is 0.230. The third-order valence-electron chi connectivity index (χ3n) is 1.26. The van der Waals surface area contributed by atoms with Gasteiger partial charge in [0.2, 0.25) is 0 Å². The number of nitrogens with zero attached hydrogens (tertiary/aromatic N) is 1. The summed E-state index contributed by atoms with van der Waals surface area (Å²) in [6.45, 7) is 5.96. The normalized spacial score (nSPS) is 12.0. The van der Waals surface area contributed by atoms with Crippen molar-refractivity contribution in [1.29, 1.82) is 0 Å². The lowest BCUT2D eigenvalue weighted by atomic mass is 10.1. The first-order chi connectivity index (χ1) is 4.50. The minimum Gasteiger partial charge on any atom is -0.321 e. The molecule has 0 aliphatic heterocycles. The summed E-state index contributed by atoms with van der Waals surface area (Å²) in [4.78, 5) is 5.27. The van der Waals surface area contributed by atoms with Crippen LogP contribution in [0, 0.1) is 6.92 Å². The first-order valence-electron chi connectivity index (χ1n) is 3.22. The van der Waals surface area contributed by atoms with Gasteiger partial charge in [0.1, 0.15) is 0 Å². The number of hydrogen-bond acceptors (Lipinski definition) is 3. The van der Waals surface area contributed by atoms with Gasteiger partial charge < -0.3 is 5.73 Å². The maximum absolute atomic E-state index is 5.84. The third-order valence-corrected chi connectivity index (χ3v) is 2.51. The van der Waals surface area contributed by atoms with Crippen LogP contribution in [-0.4, -0.2) is 4.98 Å². The van der Waals surface area contributed by atoms with E-state index >= 15 is 0 Å². The Balaban J connectivity index is 2.96. The van der Waals surface area contributed by atoms with Gasteiger partial charge in [-0.15, -0.1) is 11.3 Å².